The molecule has 0 aliphatic carbocycles. The minimum atomic E-state index is -4.05. The van der Waals surface area contributed by atoms with Crippen molar-refractivity contribution >= 4 is 79.2 Å². The van der Waals surface area contributed by atoms with Crippen LogP contribution in [0, 0.1) is 0 Å². The van der Waals surface area contributed by atoms with E-state index in [9.17, 15) is 18.0 Å². The molecule has 5 N–H and O–H groups in total. The van der Waals surface area contributed by atoms with Gasteiger partial charge in [0.1, 0.15) is 5.82 Å². The first-order chi connectivity index (χ1) is 21.4. The van der Waals surface area contributed by atoms with E-state index in [2.05, 4.69) is 20.0 Å². The number of carbonyl (C=O) groups is 2. The highest BCUT2D eigenvalue weighted by molar-refractivity contribution is 7.92. The van der Waals surface area contributed by atoms with Crippen LogP contribution in [0.1, 0.15) is 15.9 Å². The van der Waals surface area contributed by atoms with Gasteiger partial charge in [0.05, 0.1) is 37.2 Å². The molecule has 5 aromatic rings. The molecular formula is C31H26Cl2N6O5S. The number of rotatable bonds is 9. The molecule has 0 saturated heterocycles. The molecule has 0 saturated carbocycles. The predicted octanol–water partition coefficient (Wildman–Crippen LogP) is 6.17. The zero-order chi connectivity index (χ0) is 32.3. The van der Waals surface area contributed by atoms with Gasteiger partial charge >= 0.3 is 0 Å². The molecule has 45 heavy (non-hydrogen) atoms. The van der Waals surface area contributed by atoms with Crippen LogP contribution in [0.3, 0.4) is 0 Å². The van der Waals surface area contributed by atoms with Gasteiger partial charge in [0.2, 0.25) is 0 Å². The Bertz CT molecular complexity index is 2080. The van der Waals surface area contributed by atoms with Gasteiger partial charge in [0, 0.05) is 37.1 Å². The van der Waals surface area contributed by atoms with Crippen molar-refractivity contribution in [2.75, 3.05) is 29.0 Å². The number of aromatic nitrogens is 2. The average molecular weight is 666 g/mol. The van der Waals surface area contributed by atoms with Gasteiger partial charge in [-0.25, -0.2) is 18.9 Å². The maximum absolute atomic E-state index is 13.2. The van der Waals surface area contributed by atoms with Gasteiger partial charge in [0.15, 0.2) is 0 Å². The SMILES string of the molecule is CN(C)c1ccc2nc(-c3cc(NC(=O)c4ccc(NS(=O)(=O)c5cccc(/C=C/C(=O)NO)c5)cc4Cl)ccc3Cl)[nH]c2c1. The second-order valence-electron chi connectivity index (χ2n) is 10.0. The van der Waals surface area contributed by atoms with E-state index in [0.29, 0.717) is 27.7 Å². The zero-order valence-electron chi connectivity index (χ0n) is 23.8. The van der Waals surface area contributed by atoms with Crippen LogP contribution in [0.2, 0.25) is 10.0 Å². The highest BCUT2D eigenvalue weighted by atomic mass is 35.5. The van der Waals surface area contributed by atoms with Crippen LogP contribution < -0.4 is 20.4 Å². The minimum Gasteiger partial charge on any atom is -0.378 e. The molecule has 1 heterocycles. The first kappa shape index (κ1) is 31.5. The highest BCUT2D eigenvalue weighted by Crippen LogP contribution is 2.32. The molecule has 4 aromatic carbocycles. The van der Waals surface area contributed by atoms with Gasteiger partial charge < -0.3 is 15.2 Å². The van der Waals surface area contributed by atoms with Crippen molar-refractivity contribution < 1.29 is 23.2 Å². The minimum absolute atomic E-state index is 0.0163. The lowest BCUT2D eigenvalue weighted by Gasteiger charge is -2.12. The summed E-state index contributed by atoms with van der Waals surface area (Å²) in [4.78, 5) is 34.2. The number of fused-ring (bicyclic) bond motifs is 1. The number of nitrogens with zero attached hydrogens (tertiary/aromatic N) is 2. The van der Waals surface area contributed by atoms with Crippen molar-refractivity contribution in [3.8, 4) is 11.4 Å². The first-order valence-electron chi connectivity index (χ1n) is 13.3. The van der Waals surface area contributed by atoms with Crippen LogP contribution in [0.25, 0.3) is 28.5 Å². The van der Waals surface area contributed by atoms with Crippen molar-refractivity contribution in [1.82, 2.24) is 15.4 Å². The lowest BCUT2D eigenvalue weighted by molar-refractivity contribution is -0.124. The molecule has 230 valence electrons. The molecule has 0 fully saturated rings. The van der Waals surface area contributed by atoms with Crippen LogP contribution in [-0.2, 0) is 14.8 Å². The number of aromatic amines is 1. The average Bonchev–Trinajstić information content (AvgIpc) is 3.44. The molecule has 0 spiro atoms. The van der Waals surface area contributed by atoms with Gasteiger partial charge in [-0.1, -0.05) is 35.3 Å². The number of carbonyl (C=O) groups excluding carboxylic acids is 2. The second kappa shape index (κ2) is 13.0. The van der Waals surface area contributed by atoms with Gasteiger partial charge in [-0.3, -0.25) is 19.5 Å². The number of hydrogen-bond donors (Lipinski definition) is 5. The van der Waals surface area contributed by atoms with E-state index in [0.717, 1.165) is 22.8 Å². The summed E-state index contributed by atoms with van der Waals surface area (Å²) in [6.45, 7) is 0. The third-order valence-corrected chi connectivity index (χ3v) is 8.65. The Morgan fingerprint density at radius 1 is 0.933 bits per heavy atom. The first-order valence-corrected chi connectivity index (χ1v) is 15.5. The summed E-state index contributed by atoms with van der Waals surface area (Å²) < 4.78 is 28.4. The van der Waals surface area contributed by atoms with Crippen molar-refractivity contribution in [3.63, 3.8) is 0 Å². The normalized spacial score (nSPS) is 11.5. The van der Waals surface area contributed by atoms with E-state index in [1.807, 2.05) is 37.2 Å². The van der Waals surface area contributed by atoms with E-state index in [1.54, 1.807) is 24.3 Å². The molecule has 0 radical (unpaired) electrons. The van der Waals surface area contributed by atoms with E-state index in [1.165, 1.54) is 48.0 Å². The number of benzene rings is 4. The van der Waals surface area contributed by atoms with Gasteiger partial charge in [-0.15, -0.1) is 0 Å². The molecule has 0 atom stereocenters. The quantitative estimate of drug-likeness (QED) is 0.0716. The second-order valence-corrected chi connectivity index (χ2v) is 12.5. The van der Waals surface area contributed by atoms with Crippen molar-refractivity contribution in [3.05, 3.63) is 106 Å². The molecule has 11 nitrogen and oxygen atoms in total. The fourth-order valence-corrected chi connectivity index (χ4v) is 5.94. The number of anilines is 3. The largest absolute Gasteiger partial charge is 0.378 e. The smallest absolute Gasteiger partial charge is 0.267 e. The number of nitrogens with one attached hydrogen (secondary N) is 4. The number of halogens is 2. The van der Waals surface area contributed by atoms with Crippen molar-refractivity contribution in [1.29, 1.82) is 0 Å². The Morgan fingerprint density at radius 2 is 1.71 bits per heavy atom. The summed E-state index contributed by atoms with van der Waals surface area (Å²) in [5.41, 5.74) is 5.76. The number of amides is 2. The van der Waals surface area contributed by atoms with Gasteiger partial charge in [-0.05, 0) is 78.4 Å². The molecular weight excluding hydrogens is 639 g/mol. The fraction of sp³-hybridized carbons (Fsp3) is 0.0645. The maximum atomic E-state index is 13.2. The summed E-state index contributed by atoms with van der Waals surface area (Å²) in [6.07, 6.45) is 2.39. The number of H-pyrrole nitrogens is 1. The lowest BCUT2D eigenvalue weighted by Crippen LogP contribution is -2.15. The highest BCUT2D eigenvalue weighted by Gasteiger charge is 2.18. The lowest BCUT2D eigenvalue weighted by atomic mass is 10.1. The molecule has 0 bridgehead atoms. The molecule has 2 amide bonds. The summed E-state index contributed by atoms with van der Waals surface area (Å²) in [5, 5.41) is 11.9. The maximum Gasteiger partial charge on any atom is 0.267 e. The Labute approximate surface area is 268 Å². The predicted molar refractivity (Wildman–Crippen MR) is 176 cm³/mol. The van der Waals surface area contributed by atoms with Gasteiger partial charge in [0.25, 0.3) is 21.8 Å². The topological polar surface area (TPSA) is 157 Å². The van der Waals surface area contributed by atoms with Crippen LogP contribution in [-0.4, -0.2) is 49.5 Å². The van der Waals surface area contributed by atoms with E-state index >= 15 is 0 Å². The van der Waals surface area contributed by atoms with Crippen LogP contribution in [0.15, 0.2) is 89.8 Å². The number of hydroxylamine groups is 1. The van der Waals surface area contributed by atoms with Gasteiger partial charge in [-0.2, -0.15) is 0 Å². The van der Waals surface area contributed by atoms with E-state index < -0.39 is 21.8 Å². The molecule has 14 heteroatoms. The molecule has 1 aromatic heterocycles. The van der Waals surface area contributed by atoms with Crippen LogP contribution >= 0.6 is 23.2 Å². The zero-order valence-corrected chi connectivity index (χ0v) is 26.1. The summed E-state index contributed by atoms with van der Waals surface area (Å²) in [5.74, 6) is -0.745. The molecule has 5 rings (SSSR count). The number of sulfonamides is 1. The van der Waals surface area contributed by atoms with Crippen molar-refractivity contribution in [2.24, 2.45) is 0 Å². The van der Waals surface area contributed by atoms with Crippen LogP contribution in [0.5, 0.6) is 0 Å². The molecule has 0 aliphatic heterocycles. The Kier molecular flexibility index (Phi) is 9.11. The Hall–Kier alpha value is -4.88. The third-order valence-electron chi connectivity index (χ3n) is 6.63. The Morgan fingerprint density at radius 3 is 2.44 bits per heavy atom. The number of hydrogen-bond acceptors (Lipinski definition) is 7. The summed E-state index contributed by atoms with van der Waals surface area (Å²) in [6, 6.07) is 20.8. The standard InChI is InChI=1S/C31H26Cl2N6O5S/c1-39(2)21-9-12-27-28(17-21)36-30(35-27)24-15-19(8-11-25(24)32)34-31(41)23-10-7-20(16-26(23)33)38-45(43,44)22-5-3-4-18(14-22)6-13-29(40)37-42/h3-17,38,42H,1-2H3,(H,34,41)(H,35,36)(H,37,40)/b13-6+. The third kappa shape index (κ3) is 7.27. The number of imidazole rings is 1. The summed E-state index contributed by atoms with van der Waals surface area (Å²) in [7, 11) is -0.148. The summed E-state index contributed by atoms with van der Waals surface area (Å²) >= 11 is 12.9. The van der Waals surface area contributed by atoms with E-state index in [4.69, 9.17) is 28.4 Å². The fourth-order valence-electron chi connectivity index (χ4n) is 4.36. The molecule has 0 aliphatic rings. The molecule has 0 unspecified atom stereocenters. The van der Waals surface area contributed by atoms with E-state index in [-0.39, 0.29) is 21.2 Å². The Balaban J connectivity index is 1.32. The van der Waals surface area contributed by atoms with Crippen molar-refractivity contribution in [2.45, 2.75) is 4.90 Å². The monoisotopic (exact) mass is 664 g/mol. The van der Waals surface area contributed by atoms with Crippen LogP contribution in [0.4, 0.5) is 17.1 Å².